The number of epoxide rings is 1. The van der Waals surface area contributed by atoms with Crippen molar-refractivity contribution in [1.29, 1.82) is 0 Å². The maximum absolute atomic E-state index is 9.70. The molecule has 0 amide bonds. The zero-order valence-electron chi connectivity index (χ0n) is 8.66. The number of rotatable bonds is 3. The second-order valence-electron chi connectivity index (χ2n) is 5.12. The lowest BCUT2D eigenvalue weighted by Crippen LogP contribution is -2.35. The molecule has 1 heterocycles. The standard InChI is InChI=1S/C9H20O2Si/c1-6(2)7(10)8-9(11-8)12(3,4)5/h6-10H,1-5H3/t7-,8+,9-/m1/s1. The quantitative estimate of drug-likeness (QED) is 0.539. The molecule has 1 fully saturated rings. The molecule has 0 unspecified atom stereocenters. The van der Waals surface area contributed by atoms with Gasteiger partial charge in [-0.2, -0.15) is 0 Å². The molecule has 3 atom stereocenters. The lowest BCUT2D eigenvalue weighted by atomic mass is 10.1. The average molecular weight is 188 g/mol. The summed E-state index contributed by atoms with van der Waals surface area (Å²) >= 11 is 0. The van der Waals surface area contributed by atoms with Crippen LogP contribution in [0.2, 0.25) is 19.6 Å². The third-order valence-corrected chi connectivity index (χ3v) is 4.57. The van der Waals surface area contributed by atoms with Crippen molar-refractivity contribution < 1.29 is 9.84 Å². The van der Waals surface area contributed by atoms with Gasteiger partial charge in [0.15, 0.2) is 0 Å². The van der Waals surface area contributed by atoms with Crippen LogP contribution in [0, 0.1) is 5.92 Å². The number of aliphatic hydroxyl groups excluding tert-OH is 1. The molecule has 1 N–H and O–H groups in total. The Balaban J connectivity index is 2.42. The molecule has 12 heavy (non-hydrogen) atoms. The highest BCUT2D eigenvalue weighted by Crippen LogP contribution is 2.35. The van der Waals surface area contributed by atoms with Crippen LogP contribution in [0.5, 0.6) is 0 Å². The number of ether oxygens (including phenoxy) is 1. The molecule has 72 valence electrons. The van der Waals surface area contributed by atoms with Gasteiger partial charge in [0.2, 0.25) is 0 Å². The van der Waals surface area contributed by atoms with E-state index in [0.717, 1.165) is 0 Å². The van der Waals surface area contributed by atoms with Crippen LogP contribution in [-0.2, 0) is 4.74 Å². The summed E-state index contributed by atoms with van der Waals surface area (Å²) in [6.07, 6.45) is -0.126. The Bertz CT molecular complexity index is 162. The van der Waals surface area contributed by atoms with Crippen LogP contribution in [0.25, 0.3) is 0 Å². The van der Waals surface area contributed by atoms with Gasteiger partial charge in [-0.05, 0) is 5.92 Å². The van der Waals surface area contributed by atoms with E-state index in [0.29, 0.717) is 11.6 Å². The van der Waals surface area contributed by atoms with E-state index in [9.17, 15) is 5.11 Å². The topological polar surface area (TPSA) is 32.8 Å². The van der Waals surface area contributed by atoms with E-state index in [1.807, 2.05) is 13.8 Å². The van der Waals surface area contributed by atoms with Crippen LogP contribution >= 0.6 is 0 Å². The number of aliphatic hydroxyl groups is 1. The van der Waals surface area contributed by atoms with Gasteiger partial charge in [-0.3, -0.25) is 0 Å². The predicted octanol–water partition coefficient (Wildman–Crippen LogP) is 1.65. The second-order valence-corrected chi connectivity index (χ2v) is 10.4. The van der Waals surface area contributed by atoms with Gasteiger partial charge in [-0.1, -0.05) is 33.5 Å². The van der Waals surface area contributed by atoms with Crippen molar-refractivity contribution >= 4 is 8.07 Å². The molecule has 2 nitrogen and oxygen atoms in total. The van der Waals surface area contributed by atoms with E-state index < -0.39 is 8.07 Å². The first-order chi connectivity index (χ1) is 5.34. The Kier molecular flexibility index (Phi) is 2.66. The molecule has 0 aliphatic carbocycles. The van der Waals surface area contributed by atoms with Crippen LogP contribution < -0.4 is 0 Å². The zero-order valence-corrected chi connectivity index (χ0v) is 9.66. The minimum Gasteiger partial charge on any atom is -0.390 e. The van der Waals surface area contributed by atoms with Crippen molar-refractivity contribution in [1.82, 2.24) is 0 Å². The Morgan fingerprint density at radius 2 is 1.75 bits per heavy atom. The summed E-state index contributed by atoms with van der Waals surface area (Å²) in [6.45, 7) is 10.9. The number of hydrogen-bond donors (Lipinski definition) is 1. The maximum Gasteiger partial charge on any atom is 0.107 e. The third-order valence-electron chi connectivity index (χ3n) is 2.40. The molecule has 3 heteroatoms. The smallest absolute Gasteiger partial charge is 0.107 e. The van der Waals surface area contributed by atoms with Crippen molar-refractivity contribution in [2.24, 2.45) is 5.92 Å². The van der Waals surface area contributed by atoms with E-state index >= 15 is 0 Å². The Labute approximate surface area is 75.9 Å². The Morgan fingerprint density at radius 3 is 2.00 bits per heavy atom. The van der Waals surface area contributed by atoms with Crippen molar-refractivity contribution in [2.75, 3.05) is 0 Å². The van der Waals surface area contributed by atoms with E-state index in [-0.39, 0.29) is 12.2 Å². The minimum absolute atomic E-state index is 0.136. The number of hydrogen-bond acceptors (Lipinski definition) is 2. The monoisotopic (exact) mass is 188 g/mol. The first-order valence-corrected chi connectivity index (χ1v) is 8.25. The third kappa shape index (κ3) is 2.09. The van der Waals surface area contributed by atoms with Crippen LogP contribution in [-0.4, -0.2) is 31.1 Å². The molecule has 0 radical (unpaired) electrons. The summed E-state index contributed by atoms with van der Waals surface area (Å²) in [5.74, 6) is 0.316. The van der Waals surface area contributed by atoms with E-state index in [1.54, 1.807) is 0 Å². The van der Waals surface area contributed by atoms with Gasteiger partial charge in [-0.15, -0.1) is 0 Å². The molecule has 1 saturated heterocycles. The Hall–Kier alpha value is 0.137. The van der Waals surface area contributed by atoms with Crippen molar-refractivity contribution in [2.45, 2.75) is 51.4 Å². The van der Waals surface area contributed by atoms with Gasteiger partial charge in [0, 0.05) is 0 Å². The summed E-state index contributed by atoms with van der Waals surface area (Å²) in [5.41, 5.74) is 0.384. The van der Waals surface area contributed by atoms with Crippen LogP contribution in [0.1, 0.15) is 13.8 Å². The summed E-state index contributed by atoms with van der Waals surface area (Å²) < 4.78 is 5.52. The fourth-order valence-corrected chi connectivity index (χ4v) is 3.21. The minimum atomic E-state index is -1.18. The maximum atomic E-state index is 9.70. The summed E-state index contributed by atoms with van der Waals surface area (Å²) in [6, 6.07) is 0. The van der Waals surface area contributed by atoms with Gasteiger partial charge in [0.1, 0.15) is 6.10 Å². The molecule has 0 spiro atoms. The normalized spacial score (nSPS) is 32.2. The van der Waals surface area contributed by atoms with Crippen LogP contribution in [0.3, 0.4) is 0 Å². The van der Waals surface area contributed by atoms with E-state index in [4.69, 9.17) is 4.74 Å². The van der Waals surface area contributed by atoms with Gasteiger partial charge in [0.25, 0.3) is 0 Å². The highest BCUT2D eigenvalue weighted by atomic mass is 28.3. The fraction of sp³-hybridized carbons (Fsp3) is 1.00. The molecule has 0 bridgehead atoms. The van der Waals surface area contributed by atoms with Gasteiger partial charge < -0.3 is 9.84 Å². The molecular weight excluding hydrogens is 168 g/mol. The summed E-state index contributed by atoms with van der Waals surface area (Å²) in [7, 11) is -1.18. The van der Waals surface area contributed by atoms with E-state index in [2.05, 4.69) is 19.6 Å². The van der Waals surface area contributed by atoms with E-state index in [1.165, 1.54) is 0 Å². The molecular formula is C9H20O2Si. The highest BCUT2D eigenvalue weighted by Gasteiger charge is 2.52. The van der Waals surface area contributed by atoms with Crippen molar-refractivity contribution in [3.63, 3.8) is 0 Å². The molecule has 1 rings (SSSR count). The molecule has 1 aliphatic rings. The van der Waals surface area contributed by atoms with Crippen LogP contribution in [0.15, 0.2) is 0 Å². The fourth-order valence-electron chi connectivity index (χ4n) is 1.46. The highest BCUT2D eigenvalue weighted by molar-refractivity contribution is 6.78. The van der Waals surface area contributed by atoms with Crippen molar-refractivity contribution in [3.8, 4) is 0 Å². The Morgan fingerprint density at radius 1 is 1.25 bits per heavy atom. The van der Waals surface area contributed by atoms with Crippen LogP contribution in [0.4, 0.5) is 0 Å². The second kappa shape index (κ2) is 3.12. The first kappa shape index (κ1) is 10.2. The molecule has 0 aromatic carbocycles. The predicted molar refractivity (Wildman–Crippen MR) is 52.9 cm³/mol. The zero-order chi connectivity index (χ0) is 9.52. The van der Waals surface area contributed by atoms with Gasteiger partial charge >= 0.3 is 0 Å². The largest absolute Gasteiger partial charge is 0.390 e. The summed E-state index contributed by atoms with van der Waals surface area (Å²) in [5, 5.41) is 9.70. The lowest BCUT2D eigenvalue weighted by molar-refractivity contribution is 0.0922. The lowest BCUT2D eigenvalue weighted by Gasteiger charge is -2.15. The molecule has 0 aromatic heterocycles. The molecule has 0 aromatic rings. The van der Waals surface area contributed by atoms with Crippen molar-refractivity contribution in [3.05, 3.63) is 0 Å². The first-order valence-electron chi connectivity index (χ1n) is 4.67. The molecule has 1 aliphatic heterocycles. The summed E-state index contributed by atoms with van der Waals surface area (Å²) in [4.78, 5) is 0. The molecule has 0 saturated carbocycles. The van der Waals surface area contributed by atoms with Gasteiger partial charge in [0.05, 0.1) is 19.9 Å². The van der Waals surface area contributed by atoms with Gasteiger partial charge in [-0.25, -0.2) is 0 Å². The average Bonchev–Trinajstić information content (AvgIpc) is 2.61. The SMILES string of the molecule is CC(C)[C@@H](O)[C@@H]1O[C@@H]1[Si](C)(C)C.